The molecule has 1 amide bonds. The second kappa shape index (κ2) is 6.26. The van der Waals surface area contributed by atoms with Crippen LogP contribution in [0, 0.1) is 0 Å². The fraction of sp³-hybridized carbons (Fsp3) is 0.312. The molecule has 7 heteroatoms. The smallest absolute Gasteiger partial charge is 0.261 e. The molecule has 1 aromatic carbocycles. The van der Waals surface area contributed by atoms with Gasteiger partial charge in [0.05, 0.1) is 16.7 Å². The van der Waals surface area contributed by atoms with Gasteiger partial charge in [-0.3, -0.25) is 4.79 Å². The van der Waals surface area contributed by atoms with Gasteiger partial charge < -0.3 is 5.32 Å². The van der Waals surface area contributed by atoms with E-state index in [0.717, 1.165) is 18.4 Å². The number of aryl methyl sites for hydroxylation is 1. The minimum Gasteiger partial charge on any atom is -0.345 e. The molecule has 1 aliphatic carbocycles. The first-order valence-corrected chi connectivity index (χ1v) is 10.4. The van der Waals surface area contributed by atoms with Crippen molar-refractivity contribution in [1.29, 1.82) is 0 Å². The highest BCUT2D eigenvalue weighted by Crippen LogP contribution is 2.33. The van der Waals surface area contributed by atoms with Gasteiger partial charge in [-0.05, 0) is 48.2 Å². The Labute approximate surface area is 144 Å². The lowest BCUT2D eigenvalue weighted by molar-refractivity contribution is 0.0941. The Balaban J connectivity index is 1.72. The molecule has 1 aliphatic rings. The van der Waals surface area contributed by atoms with Gasteiger partial charge in [-0.1, -0.05) is 17.7 Å². The second-order valence-electron chi connectivity index (χ2n) is 5.74. The highest BCUT2D eigenvalue weighted by Gasteiger charge is 2.25. The number of rotatable bonds is 4. The molecular weight excluding hydrogens is 354 g/mol. The first kappa shape index (κ1) is 16.5. The zero-order valence-corrected chi connectivity index (χ0v) is 14.9. The van der Waals surface area contributed by atoms with Gasteiger partial charge in [0.1, 0.15) is 0 Å². The summed E-state index contributed by atoms with van der Waals surface area (Å²) in [7, 11) is -3.09. The fourth-order valence-electron chi connectivity index (χ4n) is 2.80. The van der Waals surface area contributed by atoms with Gasteiger partial charge in [0.2, 0.25) is 0 Å². The maximum absolute atomic E-state index is 12.4. The summed E-state index contributed by atoms with van der Waals surface area (Å²) in [5.74, 6) is -0.196. The summed E-state index contributed by atoms with van der Waals surface area (Å²) in [5, 5.41) is 3.73. The van der Waals surface area contributed by atoms with E-state index in [1.165, 1.54) is 23.2 Å². The van der Waals surface area contributed by atoms with Crippen molar-refractivity contribution in [3.8, 4) is 0 Å². The number of benzene rings is 1. The number of fused-ring (bicyclic) bond motifs is 1. The predicted molar refractivity (Wildman–Crippen MR) is 92.8 cm³/mol. The topological polar surface area (TPSA) is 63.2 Å². The third-order valence-electron chi connectivity index (χ3n) is 3.78. The van der Waals surface area contributed by atoms with Gasteiger partial charge >= 0.3 is 0 Å². The van der Waals surface area contributed by atoms with Crippen molar-refractivity contribution >= 4 is 38.7 Å². The largest absolute Gasteiger partial charge is 0.345 e. The third kappa shape index (κ3) is 3.94. The minimum atomic E-state index is -3.09. The van der Waals surface area contributed by atoms with Crippen molar-refractivity contribution in [2.24, 2.45) is 0 Å². The van der Waals surface area contributed by atoms with Crippen LogP contribution >= 0.6 is 22.9 Å². The first-order valence-electron chi connectivity index (χ1n) is 7.17. The number of carbonyl (C=O) groups is 1. The Hall–Kier alpha value is -1.37. The molecule has 122 valence electrons. The van der Waals surface area contributed by atoms with Crippen molar-refractivity contribution in [3.63, 3.8) is 0 Å². The predicted octanol–water partition coefficient (Wildman–Crippen LogP) is 3.36. The second-order valence-corrected chi connectivity index (χ2v) is 9.49. The Kier molecular flexibility index (Phi) is 4.49. The van der Waals surface area contributed by atoms with Crippen molar-refractivity contribution in [2.75, 3.05) is 6.26 Å². The monoisotopic (exact) mass is 369 g/mol. The number of amides is 1. The van der Waals surface area contributed by atoms with E-state index in [0.29, 0.717) is 14.8 Å². The number of nitrogens with one attached hydrogen (secondary N) is 1. The normalized spacial score (nSPS) is 17.0. The van der Waals surface area contributed by atoms with Gasteiger partial charge in [0.15, 0.2) is 9.84 Å². The number of thiophene rings is 1. The number of hydrogen-bond donors (Lipinski definition) is 1. The highest BCUT2D eigenvalue weighted by molar-refractivity contribution is 7.90. The number of sulfone groups is 1. The van der Waals surface area contributed by atoms with E-state index < -0.39 is 9.84 Å². The molecule has 0 aliphatic heterocycles. The Morgan fingerprint density at radius 2 is 2.13 bits per heavy atom. The van der Waals surface area contributed by atoms with E-state index in [1.807, 2.05) is 18.2 Å². The molecule has 4 nitrogen and oxygen atoms in total. The Morgan fingerprint density at radius 1 is 1.35 bits per heavy atom. The number of hydrogen-bond acceptors (Lipinski definition) is 4. The molecular formula is C16H16ClNO3S2. The summed E-state index contributed by atoms with van der Waals surface area (Å²) in [4.78, 5) is 13.6. The number of halogens is 1. The molecule has 23 heavy (non-hydrogen) atoms. The van der Waals surface area contributed by atoms with Gasteiger partial charge in [-0.25, -0.2) is 8.42 Å². The average Bonchev–Trinajstić information content (AvgIpc) is 3.04. The molecule has 0 radical (unpaired) electrons. The summed E-state index contributed by atoms with van der Waals surface area (Å²) in [6.45, 7) is 0. The first-order chi connectivity index (χ1) is 10.8. The SMILES string of the molecule is CS(=O)(=O)Cc1ccc(C(=O)N[C@@H]2CCc3cc(Cl)ccc32)s1. The lowest BCUT2D eigenvalue weighted by Gasteiger charge is -2.13. The summed E-state index contributed by atoms with van der Waals surface area (Å²) in [5.41, 5.74) is 2.28. The maximum Gasteiger partial charge on any atom is 0.261 e. The van der Waals surface area contributed by atoms with Crippen LogP contribution in [-0.2, 0) is 22.0 Å². The van der Waals surface area contributed by atoms with E-state index in [2.05, 4.69) is 5.32 Å². The lowest BCUT2D eigenvalue weighted by Crippen LogP contribution is -2.26. The summed E-state index contributed by atoms with van der Waals surface area (Å²) in [6, 6.07) is 9.09. The molecule has 0 fully saturated rings. The summed E-state index contributed by atoms with van der Waals surface area (Å²) >= 11 is 7.22. The van der Waals surface area contributed by atoms with Gasteiger partial charge in [0.25, 0.3) is 5.91 Å². The van der Waals surface area contributed by atoms with Crippen molar-refractivity contribution in [3.05, 3.63) is 56.2 Å². The quantitative estimate of drug-likeness (QED) is 0.898. The minimum absolute atomic E-state index is 0.0183. The molecule has 0 saturated carbocycles. The zero-order valence-electron chi connectivity index (χ0n) is 12.5. The number of carbonyl (C=O) groups excluding carboxylic acids is 1. The Morgan fingerprint density at radius 3 is 2.87 bits per heavy atom. The third-order valence-corrected chi connectivity index (χ3v) is 6.12. The molecule has 1 heterocycles. The molecule has 0 unspecified atom stereocenters. The molecule has 1 N–H and O–H groups in total. The van der Waals surface area contributed by atoms with Gasteiger partial charge in [-0.2, -0.15) is 0 Å². The van der Waals surface area contributed by atoms with Crippen LogP contribution in [0.15, 0.2) is 30.3 Å². The fourth-order valence-corrected chi connectivity index (χ4v) is 5.19. The standard InChI is InChI=1S/C16H16ClNO3S2/c1-23(20,21)9-12-4-7-15(22-12)16(19)18-14-6-2-10-8-11(17)3-5-13(10)14/h3-5,7-8,14H,2,6,9H2,1H3,(H,18,19)/t14-/m1/s1. The average molecular weight is 370 g/mol. The van der Waals surface area contributed by atoms with Crippen LogP contribution in [0.3, 0.4) is 0 Å². The summed E-state index contributed by atoms with van der Waals surface area (Å²) < 4.78 is 22.6. The zero-order chi connectivity index (χ0) is 16.6. The lowest BCUT2D eigenvalue weighted by atomic mass is 10.1. The molecule has 0 saturated heterocycles. The van der Waals surface area contributed by atoms with Crippen LogP contribution in [0.5, 0.6) is 0 Å². The van der Waals surface area contributed by atoms with Crippen molar-refractivity contribution in [1.82, 2.24) is 5.32 Å². The maximum atomic E-state index is 12.4. The molecule has 1 aromatic heterocycles. The Bertz CT molecular complexity index is 858. The molecule has 0 spiro atoms. The van der Waals surface area contributed by atoms with Crippen LogP contribution in [0.1, 0.15) is 38.1 Å². The van der Waals surface area contributed by atoms with Crippen molar-refractivity contribution < 1.29 is 13.2 Å². The van der Waals surface area contributed by atoms with Crippen LogP contribution in [-0.4, -0.2) is 20.6 Å². The van der Waals surface area contributed by atoms with Crippen molar-refractivity contribution in [2.45, 2.75) is 24.6 Å². The molecule has 1 atom stereocenters. The molecule has 3 rings (SSSR count). The van der Waals surface area contributed by atoms with E-state index in [-0.39, 0.29) is 17.7 Å². The highest BCUT2D eigenvalue weighted by atomic mass is 35.5. The summed E-state index contributed by atoms with van der Waals surface area (Å²) in [6.07, 6.45) is 2.93. The molecule has 0 bridgehead atoms. The van der Waals surface area contributed by atoms with Crippen LogP contribution in [0.25, 0.3) is 0 Å². The van der Waals surface area contributed by atoms with E-state index >= 15 is 0 Å². The van der Waals surface area contributed by atoms with Crippen LogP contribution in [0.4, 0.5) is 0 Å². The van der Waals surface area contributed by atoms with Crippen LogP contribution in [0.2, 0.25) is 5.02 Å². The van der Waals surface area contributed by atoms with E-state index in [9.17, 15) is 13.2 Å². The van der Waals surface area contributed by atoms with Crippen LogP contribution < -0.4 is 5.32 Å². The van der Waals surface area contributed by atoms with E-state index in [4.69, 9.17) is 11.6 Å². The van der Waals surface area contributed by atoms with Gasteiger partial charge in [-0.15, -0.1) is 11.3 Å². The van der Waals surface area contributed by atoms with Gasteiger partial charge in [0, 0.05) is 16.2 Å². The molecule has 2 aromatic rings. The van der Waals surface area contributed by atoms with E-state index in [1.54, 1.807) is 12.1 Å².